The lowest BCUT2D eigenvalue weighted by Gasteiger charge is -2.11. The predicted molar refractivity (Wildman–Crippen MR) is 236 cm³/mol. The number of hydrogen-bond acceptors (Lipinski definition) is 1. The van der Waals surface area contributed by atoms with Gasteiger partial charge in [0.25, 0.3) is 0 Å². The Hall–Kier alpha value is -6.94. The van der Waals surface area contributed by atoms with Crippen LogP contribution < -0.4 is 0 Å². The highest BCUT2D eigenvalue weighted by atomic mass is 32.1. The van der Waals surface area contributed by atoms with Gasteiger partial charge < -0.3 is 9.13 Å². The van der Waals surface area contributed by atoms with Crippen molar-refractivity contribution in [2.75, 3.05) is 0 Å². The molecule has 0 atom stereocenters. The fourth-order valence-electron chi connectivity index (χ4n) is 8.90. The summed E-state index contributed by atoms with van der Waals surface area (Å²) in [6.45, 7) is 0. The first-order valence-corrected chi connectivity index (χ1v) is 19.6. The van der Waals surface area contributed by atoms with Crippen LogP contribution in [0.1, 0.15) is 0 Å². The first kappa shape index (κ1) is 30.5. The van der Waals surface area contributed by atoms with Crippen LogP contribution in [0.15, 0.2) is 194 Å². The van der Waals surface area contributed by atoms with Crippen LogP contribution in [-0.2, 0) is 0 Å². The highest BCUT2D eigenvalue weighted by Crippen LogP contribution is 2.41. The van der Waals surface area contributed by atoms with E-state index in [0.29, 0.717) is 0 Å². The second kappa shape index (κ2) is 11.8. The maximum absolute atomic E-state index is 2.46. The standard InChI is InChI=1S/C52H32N2S/c1-2-11-33(12-3-1)34-15-10-16-39(27-34)53-47-19-8-6-17-41(47)44-29-37(21-25-48(44)53)38-22-26-49-45(30-38)46-28-35-13-4-5-14-36(35)31-50(46)54(49)40-23-24-43-42-18-7-9-20-51(42)55-52(43)32-40/h1-32H. The third-order valence-electron chi connectivity index (χ3n) is 11.5. The van der Waals surface area contributed by atoms with Crippen molar-refractivity contribution in [1.29, 1.82) is 0 Å². The Balaban J connectivity index is 1.05. The lowest BCUT2D eigenvalue weighted by molar-refractivity contribution is 1.18. The van der Waals surface area contributed by atoms with Crippen LogP contribution in [0.25, 0.3) is 108 Å². The summed E-state index contributed by atoms with van der Waals surface area (Å²) >= 11 is 1.87. The van der Waals surface area contributed by atoms with Crippen molar-refractivity contribution in [3.63, 3.8) is 0 Å². The Morgan fingerprint density at radius 3 is 1.65 bits per heavy atom. The maximum atomic E-state index is 2.46. The van der Waals surface area contributed by atoms with Crippen molar-refractivity contribution < 1.29 is 0 Å². The average molecular weight is 717 g/mol. The van der Waals surface area contributed by atoms with Crippen molar-refractivity contribution in [3.8, 4) is 33.6 Å². The van der Waals surface area contributed by atoms with Crippen molar-refractivity contribution in [2.24, 2.45) is 0 Å². The van der Waals surface area contributed by atoms with Gasteiger partial charge >= 0.3 is 0 Å². The molecule has 0 aliphatic heterocycles. The van der Waals surface area contributed by atoms with E-state index in [2.05, 4.69) is 203 Å². The minimum absolute atomic E-state index is 1.16. The lowest BCUT2D eigenvalue weighted by Crippen LogP contribution is -1.94. The fraction of sp³-hybridized carbons (Fsp3) is 0. The van der Waals surface area contributed by atoms with Gasteiger partial charge in [-0.1, -0.05) is 121 Å². The fourth-order valence-corrected chi connectivity index (χ4v) is 10.0. The molecular formula is C52H32N2S. The summed E-state index contributed by atoms with van der Waals surface area (Å²) in [6.07, 6.45) is 0. The summed E-state index contributed by atoms with van der Waals surface area (Å²) in [5.74, 6) is 0. The molecule has 3 aromatic heterocycles. The molecule has 2 nitrogen and oxygen atoms in total. The van der Waals surface area contributed by atoms with Gasteiger partial charge in [-0.3, -0.25) is 0 Å². The van der Waals surface area contributed by atoms with Gasteiger partial charge in [0, 0.05) is 53.1 Å². The Bertz CT molecular complexity index is 3490. The molecule has 3 heteroatoms. The first-order valence-electron chi connectivity index (χ1n) is 18.8. The summed E-state index contributed by atoms with van der Waals surface area (Å²) in [4.78, 5) is 0. The van der Waals surface area contributed by atoms with E-state index in [0.717, 1.165) is 5.69 Å². The van der Waals surface area contributed by atoms with Crippen molar-refractivity contribution in [2.45, 2.75) is 0 Å². The molecule has 9 aromatic carbocycles. The molecule has 12 aromatic rings. The predicted octanol–water partition coefficient (Wildman–Crippen LogP) is 14.7. The van der Waals surface area contributed by atoms with E-state index < -0.39 is 0 Å². The third-order valence-corrected chi connectivity index (χ3v) is 12.6. The summed E-state index contributed by atoms with van der Waals surface area (Å²) in [5.41, 5.74) is 12.1. The van der Waals surface area contributed by atoms with Gasteiger partial charge in [-0.2, -0.15) is 0 Å². The largest absolute Gasteiger partial charge is 0.309 e. The lowest BCUT2D eigenvalue weighted by atomic mass is 10.00. The molecule has 0 aliphatic carbocycles. The SMILES string of the molecule is c1ccc(-c2cccc(-n3c4ccccc4c4cc(-c5ccc6c(c5)c5cc7ccccc7cc5n6-c5ccc6c(c5)sc5ccccc56)ccc43)c2)cc1. The van der Waals surface area contributed by atoms with E-state index in [1.54, 1.807) is 0 Å². The van der Waals surface area contributed by atoms with E-state index >= 15 is 0 Å². The number of benzene rings is 9. The number of hydrogen-bond donors (Lipinski definition) is 0. The van der Waals surface area contributed by atoms with E-state index in [-0.39, 0.29) is 0 Å². The van der Waals surface area contributed by atoms with E-state index in [1.165, 1.54) is 102 Å². The molecule has 0 bridgehead atoms. The molecular weight excluding hydrogens is 685 g/mol. The van der Waals surface area contributed by atoms with E-state index in [4.69, 9.17) is 0 Å². The van der Waals surface area contributed by atoms with Crippen molar-refractivity contribution in [3.05, 3.63) is 194 Å². The van der Waals surface area contributed by atoms with Crippen LogP contribution in [-0.4, -0.2) is 9.13 Å². The average Bonchev–Trinajstić information content (AvgIpc) is 3.89. The summed E-state index contributed by atoms with van der Waals surface area (Å²) in [7, 11) is 0. The molecule has 55 heavy (non-hydrogen) atoms. The van der Waals surface area contributed by atoms with E-state index in [9.17, 15) is 0 Å². The Morgan fingerprint density at radius 2 is 0.836 bits per heavy atom. The first-order chi connectivity index (χ1) is 27.2. The quantitative estimate of drug-likeness (QED) is 0.172. The van der Waals surface area contributed by atoms with Gasteiger partial charge in [-0.15, -0.1) is 11.3 Å². The molecule has 0 radical (unpaired) electrons. The van der Waals surface area contributed by atoms with Crippen LogP contribution >= 0.6 is 11.3 Å². The van der Waals surface area contributed by atoms with Gasteiger partial charge in [-0.25, -0.2) is 0 Å². The number of thiophene rings is 1. The third kappa shape index (κ3) is 4.67. The smallest absolute Gasteiger partial charge is 0.0547 e. The number of rotatable bonds is 4. The van der Waals surface area contributed by atoms with Crippen LogP contribution in [0, 0.1) is 0 Å². The van der Waals surface area contributed by atoms with Crippen molar-refractivity contribution >= 4 is 85.9 Å². The molecule has 0 aliphatic rings. The minimum atomic E-state index is 1.16. The van der Waals surface area contributed by atoms with Crippen LogP contribution in [0.4, 0.5) is 0 Å². The Kier molecular flexibility index (Phi) is 6.54. The van der Waals surface area contributed by atoms with Gasteiger partial charge in [0.15, 0.2) is 0 Å². The zero-order valence-corrected chi connectivity index (χ0v) is 30.6. The number of para-hydroxylation sites is 1. The molecule has 0 N–H and O–H groups in total. The monoisotopic (exact) mass is 716 g/mol. The second-order valence-corrected chi connectivity index (χ2v) is 15.6. The Morgan fingerprint density at radius 1 is 0.273 bits per heavy atom. The van der Waals surface area contributed by atoms with E-state index in [1.807, 2.05) is 11.3 Å². The highest BCUT2D eigenvalue weighted by molar-refractivity contribution is 7.25. The minimum Gasteiger partial charge on any atom is -0.309 e. The Labute approximate surface area is 321 Å². The molecule has 0 saturated heterocycles. The zero-order chi connectivity index (χ0) is 36.0. The van der Waals surface area contributed by atoms with Gasteiger partial charge in [0.2, 0.25) is 0 Å². The summed E-state index contributed by atoms with van der Waals surface area (Å²) in [5, 5.41) is 10.2. The number of nitrogens with zero attached hydrogens (tertiary/aromatic N) is 2. The molecule has 256 valence electrons. The summed E-state index contributed by atoms with van der Waals surface area (Å²) < 4.78 is 7.51. The van der Waals surface area contributed by atoms with Crippen LogP contribution in [0.5, 0.6) is 0 Å². The van der Waals surface area contributed by atoms with Crippen molar-refractivity contribution in [1.82, 2.24) is 9.13 Å². The van der Waals surface area contributed by atoms with Gasteiger partial charge in [-0.05, 0) is 106 Å². The molecule has 12 rings (SSSR count). The molecule has 0 spiro atoms. The molecule has 0 amide bonds. The van der Waals surface area contributed by atoms with Crippen LogP contribution in [0.3, 0.4) is 0 Å². The molecule has 0 fully saturated rings. The normalized spacial score (nSPS) is 12.0. The zero-order valence-electron chi connectivity index (χ0n) is 29.8. The topological polar surface area (TPSA) is 9.86 Å². The second-order valence-electron chi connectivity index (χ2n) is 14.6. The molecule has 0 saturated carbocycles. The number of fused-ring (bicyclic) bond motifs is 10. The van der Waals surface area contributed by atoms with Crippen LogP contribution in [0.2, 0.25) is 0 Å². The van der Waals surface area contributed by atoms with Gasteiger partial charge in [0.1, 0.15) is 0 Å². The maximum Gasteiger partial charge on any atom is 0.0547 e. The number of aromatic nitrogens is 2. The summed E-state index contributed by atoms with van der Waals surface area (Å²) in [6, 6.07) is 71.5. The van der Waals surface area contributed by atoms with Gasteiger partial charge in [0.05, 0.1) is 22.1 Å². The molecule has 3 heterocycles. The highest BCUT2D eigenvalue weighted by Gasteiger charge is 2.18. The molecule has 0 unspecified atom stereocenters.